The largest absolute Gasteiger partial charge is 0.350 e. The van der Waals surface area contributed by atoms with E-state index in [1.165, 1.54) is 11.1 Å². The zero-order valence-corrected chi connectivity index (χ0v) is 12.3. The number of rotatable bonds is 5. The molecule has 0 spiro atoms. The monoisotopic (exact) mass is 284 g/mol. The molecule has 4 heteroatoms. The molecule has 0 amide bonds. The van der Waals surface area contributed by atoms with Crippen molar-refractivity contribution in [3.05, 3.63) is 47.8 Å². The van der Waals surface area contributed by atoms with E-state index in [9.17, 15) is 0 Å². The normalized spacial score (nSPS) is 15.5. The van der Waals surface area contributed by atoms with Crippen LogP contribution < -0.4 is 0 Å². The molecular formula is C17H20N2O2. The molecule has 0 bridgehead atoms. The Kier molecular flexibility index (Phi) is 4.58. The summed E-state index contributed by atoms with van der Waals surface area (Å²) < 4.78 is 10.9. The molecule has 3 rings (SSSR count). The Labute approximate surface area is 125 Å². The van der Waals surface area contributed by atoms with E-state index >= 15 is 0 Å². The van der Waals surface area contributed by atoms with Crippen LogP contribution in [0.2, 0.25) is 0 Å². The lowest BCUT2D eigenvalue weighted by Crippen LogP contribution is -2.07. The molecule has 1 aliphatic heterocycles. The predicted molar refractivity (Wildman–Crippen MR) is 80.8 cm³/mol. The fourth-order valence-corrected chi connectivity index (χ4v) is 2.57. The molecule has 0 N–H and O–H groups in total. The van der Waals surface area contributed by atoms with Crippen molar-refractivity contribution in [2.75, 3.05) is 13.2 Å². The lowest BCUT2D eigenvalue weighted by molar-refractivity contribution is -0.0475. The molecule has 0 radical (unpaired) electrons. The van der Waals surface area contributed by atoms with Crippen LogP contribution in [0.25, 0.3) is 11.4 Å². The number of hydrogen-bond donors (Lipinski definition) is 0. The van der Waals surface area contributed by atoms with Gasteiger partial charge in [0.05, 0.1) is 24.6 Å². The number of hydrogen-bond acceptors (Lipinski definition) is 4. The Hall–Kier alpha value is -1.78. The van der Waals surface area contributed by atoms with Crippen molar-refractivity contribution in [2.24, 2.45) is 0 Å². The molecule has 3 heterocycles. The summed E-state index contributed by atoms with van der Waals surface area (Å²) in [5.74, 6) is 0. The van der Waals surface area contributed by atoms with Gasteiger partial charge in [-0.05, 0) is 55.5 Å². The summed E-state index contributed by atoms with van der Waals surface area (Å²) in [7, 11) is 0. The smallest absolute Gasteiger partial charge is 0.157 e. The van der Waals surface area contributed by atoms with Gasteiger partial charge in [0, 0.05) is 12.4 Å². The SMILES string of the molecule is Cc1ccnc(-c2ncccc2CCCC2OCCO2)c1. The highest BCUT2D eigenvalue weighted by molar-refractivity contribution is 5.59. The van der Waals surface area contributed by atoms with E-state index < -0.39 is 0 Å². The Bertz CT molecular complexity index is 595. The summed E-state index contributed by atoms with van der Waals surface area (Å²) in [6, 6.07) is 8.19. The number of ether oxygens (including phenoxy) is 2. The molecule has 2 aromatic heterocycles. The minimum atomic E-state index is -0.0257. The molecule has 1 saturated heterocycles. The van der Waals surface area contributed by atoms with Gasteiger partial charge >= 0.3 is 0 Å². The van der Waals surface area contributed by atoms with E-state index in [0.717, 1.165) is 43.9 Å². The number of pyridine rings is 2. The van der Waals surface area contributed by atoms with Gasteiger partial charge in [-0.25, -0.2) is 0 Å². The van der Waals surface area contributed by atoms with Crippen molar-refractivity contribution in [1.82, 2.24) is 9.97 Å². The quantitative estimate of drug-likeness (QED) is 0.846. The fourth-order valence-electron chi connectivity index (χ4n) is 2.57. The van der Waals surface area contributed by atoms with Crippen LogP contribution >= 0.6 is 0 Å². The van der Waals surface area contributed by atoms with E-state index in [-0.39, 0.29) is 6.29 Å². The Balaban J connectivity index is 1.70. The summed E-state index contributed by atoms with van der Waals surface area (Å²) >= 11 is 0. The fraction of sp³-hybridized carbons (Fsp3) is 0.412. The third kappa shape index (κ3) is 3.65. The predicted octanol–water partition coefficient (Wildman–Crippen LogP) is 3.15. The second-order valence-electron chi connectivity index (χ2n) is 5.29. The molecule has 0 unspecified atom stereocenters. The van der Waals surface area contributed by atoms with Crippen molar-refractivity contribution < 1.29 is 9.47 Å². The van der Waals surface area contributed by atoms with E-state index in [4.69, 9.17) is 9.47 Å². The molecule has 4 nitrogen and oxygen atoms in total. The number of aromatic nitrogens is 2. The average molecular weight is 284 g/mol. The van der Waals surface area contributed by atoms with Crippen LogP contribution in [0.1, 0.15) is 24.0 Å². The average Bonchev–Trinajstić information content (AvgIpc) is 3.01. The highest BCUT2D eigenvalue weighted by Crippen LogP contribution is 2.22. The Morgan fingerprint density at radius 2 is 2.00 bits per heavy atom. The van der Waals surface area contributed by atoms with Crippen molar-refractivity contribution >= 4 is 0 Å². The summed E-state index contributed by atoms with van der Waals surface area (Å²) in [4.78, 5) is 8.96. The van der Waals surface area contributed by atoms with E-state index in [1.54, 1.807) is 0 Å². The van der Waals surface area contributed by atoms with Crippen molar-refractivity contribution in [3.8, 4) is 11.4 Å². The minimum Gasteiger partial charge on any atom is -0.350 e. The van der Waals surface area contributed by atoms with E-state index in [0.29, 0.717) is 0 Å². The maximum atomic E-state index is 5.47. The molecule has 1 aliphatic rings. The Morgan fingerprint density at radius 3 is 2.81 bits per heavy atom. The van der Waals surface area contributed by atoms with Gasteiger partial charge in [-0.15, -0.1) is 0 Å². The van der Waals surface area contributed by atoms with Crippen LogP contribution in [-0.4, -0.2) is 29.5 Å². The molecule has 1 fully saturated rings. The first-order valence-corrected chi connectivity index (χ1v) is 7.43. The van der Waals surface area contributed by atoms with Gasteiger partial charge in [0.2, 0.25) is 0 Å². The van der Waals surface area contributed by atoms with Crippen molar-refractivity contribution in [3.63, 3.8) is 0 Å². The third-order valence-electron chi connectivity index (χ3n) is 3.63. The van der Waals surface area contributed by atoms with Gasteiger partial charge in [0.25, 0.3) is 0 Å². The molecule has 0 aliphatic carbocycles. The molecule has 0 atom stereocenters. The topological polar surface area (TPSA) is 44.2 Å². The van der Waals surface area contributed by atoms with Crippen molar-refractivity contribution in [1.29, 1.82) is 0 Å². The van der Waals surface area contributed by atoms with Crippen LogP contribution in [0.3, 0.4) is 0 Å². The zero-order valence-electron chi connectivity index (χ0n) is 12.3. The molecule has 0 aromatic carbocycles. The van der Waals surface area contributed by atoms with Gasteiger partial charge in [-0.3, -0.25) is 9.97 Å². The van der Waals surface area contributed by atoms with E-state index in [2.05, 4.69) is 29.0 Å². The van der Waals surface area contributed by atoms with Gasteiger partial charge in [-0.2, -0.15) is 0 Å². The molecule has 110 valence electrons. The summed E-state index contributed by atoms with van der Waals surface area (Å²) in [6.07, 6.45) is 6.55. The zero-order chi connectivity index (χ0) is 14.5. The molecule has 21 heavy (non-hydrogen) atoms. The standard InChI is InChI=1S/C17H20N2O2/c1-13-7-9-18-15(12-13)17-14(5-3-8-19-17)4-2-6-16-20-10-11-21-16/h3,5,7-9,12,16H,2,4,6,10-11H2,1H3. The molecular weight excluding hydrogens is 264 g/mol. The van der Waals surface area contributed by atoms with Gasteiger partial charge in [-0.1, -0.05) is 6.07 Å². The van der Waals surface area contributed by atoms with Gasteiger partial charge in [0.1, 0.15) is 0 Å². The second kappa shape index (κ2) is 6.78. The molecule has 0 saturated carbocycles. The highest BCUT2D eigenvalue weighted by Gasteiger charge is 2.15. The number of aryl methyl sites for hydroxylation is 2. The van der Waals surface area contributed by atoms with Crippen LogP contribution in [-0.2, 0) is 15.9 Å². The van der Waals surface area contributed by atoms with Crippen LogP contribution in [0.15, 0.2) is 36.7 Å². The maximum absolute atomic E-state index is 5.47. The lowest BCUT2D eigenvalue weighted by Gasteiger charge is -2.11. The van der Waals surface area contributed by atoms with Crippen LogP contribution in [0.4, 0.5) is 0 Å². The first kappa shape index (κ1) is 14.2. The Morgan fingerprint density at radius 1 is 1.14 bits per heavy atom. The van der Waals surface area contributed by atoms with Gasteiger partial charge < -0.3 is 9.47 Å². The number of nitrogens with zero attached hydrogens (tertiary/aromatic N) is 2. The van der Waals surface area contributed by atoms with Gasteiger partial charge in [0.15, 0.2) is 6.29 Å². The first-order valence-electron chi connectivity index (χ1n) is 7.43. The van der Waals surface area contributed by atoms with Crippen molar-refractivity contribution in [2.45, 2.75) is 32.5 Å². The van der Waals surface area contributed by atoms with E-state index in [1.807, 2.05) is 24.5 Å². The highest BCUT2D eigenvalue weighted by atomic mass is 16.7. The summed E-state index contributed by atoms with van der Waals surface area (Å²) in [5, 5.41) is 0. The maximum Gasteiger partial charge on any atom is 0.157 e. The summed E-state index contributed by atoms with van der Waals surface area (Å²) in [5.41, 5.74) is 4.35. The summed E-state index contributed by atoms with van der Waals surface area (Å²) in [6.45, 7) is 3.51. The lowest BCUT2D eigenvalue weighted by atomic mass is 10.0. The second-order valence-corrected chi connectivity index (χ2v) is 5.29. The first-order chi connectivity index (χ1) is 10.3. The van der Waals surface area contributed by atoms with Crippen LogP contribution in [0.5, 0.6) is 0 Å². The molecule has 2 aromatic rings. The van der Waals surface area contributed by atoms with Crippen LogP contribution in [0, 0.1) is 6.92 Å². The minimum absolute atomic E-state index is 0.0257. The third-order valence-corrected chi connectivity index (χ3v) is 3.63.